The summed E-state index contributed by atoms with van der Waals surface area (Å²) in [6.45, 7) is 2.50. The van der Waals surface area contributed by atoms with Crippen LogP contribution < -0.4 is 9.47 Å². The van der Waals surface area contributed by atoms with Crippen molar-refractivity contribution in [1.29, 1.82) is 0 Å². The number of aromatic nitrogens is 2. The van der Waals surface area contributed by atoms with E-state index >= 15 is 0 Å². The average Bonchev–Trinajstić information content (AvgIpc) is 2.99. The van der Waals surface area contributed by atoms with E-state index in [1.807, 2.05) is 0 Å². The van der Waals surface area contributed by atoms with Crippen LogP contribution in [0.4, 0.5) is 9.18 Å². The summed E-state index contributed by atoms with van der Waals surface area (Å²) in [6, 6.07) is 9.82. The highest BCUT2D eigenvalue weighted by Gasteiger charge is 2.20. The molecule has 0 fully saturated rings. The molecule has 0 atom stereocenters. The zero-order valence-electron chi connectivity index (χ0n) is 15.9. The van der Waals surface area contributed by atoms with Crippen molar-refractivity contribution in [1.82, 2.24) is 9.78 Å². The highest BCUT2D eigenvalue weighted by Crippen LogP contribution is 2.31. The first-order chi connectivity index (χ1) is 13.7. The predicted octanol–water partition coefficient (Wildman–Crippen LogP) is 4.41. The van der Waals surface area contributed by atoms with E-state index in [0.717, 1.165) is 0 Å². The Kier molecular flexibility index (Phi) is 5.95. The molecular weight excluding hydrogens is 403 g/mol. The third-order valence-corrected chi connectivity index (χ3v) is 4.31. The van der Waals surface area contributed by atoms with Crippen molar-refractivity contribution in [3.05, 3.63) is 52.7 Å². The molecule has 0 saturated heterocycles. The summed E-state index contributed by atoms with van der Waals surface area (Å²) in [7, 11) is 0. The van der Waals surface area contributed by atoms with Gasteiger partial charge in [-0.2, -0.15) is 5.10 Å². The minimum atomic E-state index is -1.51. The summed E-state index contributed by atoms with van der Waals surface area (Å²) in [5.74, 6) is 0.527. The van der Waals surface area contributed by atoms with Gasteiger partial charge in [-0.1, -0.05) is 17.7 Å². The smallest absolute Gasteiger partial charge is 0.490 e. The maximum absolute atomic E-state index is 13.9. The molecule has 0 bridgehead atoms. The fourth-order valence-corrected chi connectivity index (χ4v) is 3.10. The number of aliphatic hydroxyl groups excluding tert-OH is 1. The van der Waals surface area contributed by atoms with Crippen LogP contribution in [0.3, 0.4) is 0 Å². The molecule has 2 aromatic carbocycles. The molecule has 154 valence electrons. The van der Waals surface area contributed by atoms with Gasteiger partial charge in [-0.25, -0.2) is 9.18 Å². The molecule has 0 amide bonds. The highest BCUT2D eigenvalue weighted by atomic mass is 35.5. The number of nitrogens with zero attached hydrogens (tertiary/aromatic N) is 2. The molecule has 3 rings (SSSR count). The number of carbonyl (C=O) groups is 1. The number of fused-ring (bicyclic) bond motifs is 1. The molecular formula is C20H20ClFN2O5. The van der Waals surface area contributed by atoms with Crippen LogP contribution in [0.5, 0.6) is 11.5 Å². The monoisotopic (exact) mass is 422 g/mol. The van der Waals surface area contributed by atoms with Gasteiger partial charge in [-0.05, 0) is 44.2 Å². The van der Waals surface area contributed by atoms with Crippen molar-refractivity contribution in [3.8, 4) is 11.5 Å². The molecule has 0 unspecified atom stereocenters. The number of ether oxygens (including phenoxy) is 2. The van der Waals surface area contributed by atoms with Gasteiger partial charge < -0.3 is 19.7 Å². The van der Waals surface area contributed by atoms with Crippen LogP contribution in [0.25, 0.3) is 10.9 Å². The number of halogens is 2. The quantitative estimate of drug-likeness (QED) is 0.432. The van der Waals surface area contributed by atoms with Crippen molar-refractivity contribution in [3.63, 3.8) is 0 Å². The van der Waals surface area contributed by atoms with Gasteiger partial charge in [-0.3, -0.25) is 4.68 Å². The van der Waals surface area contributed by atoms with Gasteiger partial charge in [0.25, 0.3) is 0 Å². The highest BCUT2D eigenvalue weighted by molar-refractivity contribution is 6.30. The van der Waals surface area contributed by atoms with Crippen LogP contribution in [0.1, 0.15) is 25.1 Å². The second-order valence-corrected chi connectivity index (χ2v) is 7.48. The number of carboxylic acid groups (broad SMARTS) is 1. The van der Waals surface area contributed by atoms with Gasteiger partial charge in [0.1, 0.15) is 23.8 Å². The minimum Gasteiger partial charge on any atom is -0.490 e. The lowest BCUT2D eigenvalue weighted by Crippen LogP contribution is -2.23. The molecule has 2 N–H and O–H groups in total. The fourth-order valence-electron chi connectivity index (χ4n) is 2.91. The second-order valence-electron chi connectivity index (χ2n) is 7.04. The minimum absolute atomic E-state index is 0.0760. The van der Waals surface area contributed by atoms with Crippen LogP contribution in [-0.2, 0) is 13.2 Å². The molecule has 0 aliphatic heterocycles. The number of hydrogen-bond donors (Lipinski definition) is 2. The summed E-state index contributed by atoms with van der Waals surface area (Å²) in [5, 5.41) is 23.9. The fraction of sp³-hybridized carbons (Fsp3) is 0.300. The lowest BCUT2D eigenvalue weighted by Gasteiger charge is -2.18. The average molecular weight is 423 g/mol. The molecule has 7 nitrogen and oxygen atoms in total. The van der Waals surface area contributed by atoms with Crippen molar-refractivity contribution in [2.24, 2.45) is 0 Å². The standard InChI is InChI=1S/C20H20ClFN2O5/c1-20(2,22)11-28-16-7-6-13(21)8-12(16)9-24-15-4-3-5-17(29-19(26)27)18(15)14(10-25)23-24/h3-8,25H,9-11H2,1-2H3,(H,26,27). The number of hydrogen-bond acceptors (Lipinski definition) is 5. The Hall–Kier alpha value is -2.84. The molecule has 0 radical (unpaired) electrons. The van der Waals surface area contributed by atoms with Crippen LogP contribution in [-0.4, -0.2) is 38.4 Å². The van der Waals surface area contributed by atoms with E-state index in [2.05, 4.69) is 5.10 Å². The molecule has 0 saturated carbocycles. The maximum atomic E-state index is 13.9. The summed E-state index contributed by atoms with van der Waals surface area (Å²) >= 11 is 6.12. The zero-order valence-corrected chi connectivity index (χ0v) is 16.6. The van der Waals surface area contributed by atoms with E-state index in [1.54, 1.807) is 35.0 Å². The molecule has 0 spiro atoms. The number of benzene rings is 2. The second kappa shape index (κ2) is 8.26. The van der Waals surface area contributed by atoms with Gasteiger partial charge >= 0.3 is 6.16 Å². The number of aliphatic hydroxyl groups is 1. The Labute approximate surface area is 171 Å². The Morgan fingerprint density at radius 1 is 1.28 bits per heavy atom. The van der Waals surface area contributed by atoms with E-state index in [9.17, 15) is 14.3 Å². The van der Waals surface area contributed by atoms with E-state index in [4.69, 9.17) is 26.2 Å². The molecule has 1 heterocycles. The first-order valence-electron chi connectivity index (χ1n) is 8.78. The topological polar surface area (TPSA) is 93.8 Å². The third-order valence-electron chi connectivity index (χ3n) is 4.07. The Morgan fingerprint density at radius 2 is 2.03 bits per heavy atom. The van der Waals surface area contributed by atoms with Gasteiger partial charge in [-0.15, -0.1) is 0 Å². The summed E-state index contributed by atoms with van der Waals surface area (Å²) < 4.78 is 25.9. The van der Waals surface area contributed by atoms with E-state index < -0.39 is 18.4 Å². The summed E-state index contributed by atoms with van der Waals surface area (Å²) in [5.41, 5.74) is -0.0291. The summed E-state index contributed by atoms with van der Waals surface area (Å²) in [4.78, 5) is 11.0. The van der Waals surface area contributed by atoms with E-state index in [0.29, 0.717) is 27.2 Å². The van der Waals surface area contributed by atoms with Crippen LogP contribution in [0.2, 0.25) is 5.02 Å². The third kappa shape index (κ3) is 4.96. The van der Waals surface area contributed by atoms with Crippen LogP contribution >= 0.6 is 11.6 Å². The Bertz CT molecular complexity index is 1050. The van der Waals surface area contributed by atoms with Crippen molar-refractivity contribution in [2.45, 2.75) is 32.7 Å². The molecule has 9 heteroatoms. The molecule has 1 aromatic heterocycles. The van der Waals surface area contributed by atoms with Crippen molar-refractivity contribution >= 4 is 28.7 Å². The van der Waals surface area contributed by atoms with E-state index in [-0.39, 0.29) is 24.6 Å². The molecule has 29 heavy (non-hydrogen) atoms. The zero-order chi connectivity index (χ0) is 21.2. The molecule has 0 aliphatic carbocycles. The SMILES string of the molecule is CC(C)(F)COc1ccc(Cl)cc1Cn1nc(CO)c2c(OC(=O)O)cccc21. The lowest BCUT2D eigenvalue weighted by molar-refractivity contribution is 0.120. The largest absolute Gasteiger partial charge is 0.511 e. The predicted molar refractivity (Wildman–Crippen MR) is 106 cm³/mol. The van der Waals surface area contributed by atoms with Gasteiger partial charge in [0.15, 0.2) is 0 Å². The van der Waals surface area contributed by atoms with Crippen molar-refractivity contribution < 1.29 is 28.9 Å². The number of rotatable bonds is 7. The maximum Gasteiger partial charge on any atom is 0.511 e. The molecule has 3 aromatic rings. The number of alkyl halides is 1. The lowest BCUT2D eigenvalue weighted by atomic mass is 10.1. The van der Waals surface area contributed by atoms with Crippen LogP contribution in [0, 0.1) is 0 Å². The van der Waals surface area contributed by atoms with Gasteiger partial charge in [0, 0.05) is 10.6 Å². The molecule has 0 aliphatic rings. The van der Waals surface area contributed by atoms with Crippen LogP contribution in [0.15, 0.2) is 36.4 Å². The first kappa shape index (κ1) is 20.9. The van der Waals surface area contributed by atoms with Gasteiger partial charge in [0.05, 0.1) is 29.7 Å². The summed E-state index contributed by atoms with van der Waals surface area (Å²) in [6.07, 6.45) is -1.46. The Balaban J connectivity index is 2.03. The van der Waals surface area contributed by atoms with Gasteiger partial charge in [0.2, 0.25) is 0 Å². The van der Waals surface area contributed by atoms with E-state index in [1.165, 1.54) is 19.9 Å². The first-order valence-corrected chi connectivity index (χ1v) is 9.16. The Morgan fingerprint density at radius 3 is 2.69 bits per heavy atom. The normalized spacial score (nSPS) is 11.6. The van der Waals surface area contributed by atoms with Crippen molar-refractivity contribution in [2.75, 3.05) is 6.61 Å².